The van der Waals surface area contributed by atoms with Crippen LogP contribution in [0.25, 0.3) is 0 Å². The van der Waals surface area contributed by atoms with Crippen LogP contribution in [0, 0.1) is 11.3 Å². The first kappa shape index (κ1) is 18.9. The topological polar surface area (TPSA) is 77.1 Å². The molecule has 0 bridgehead atoms. The molecule has 0 fully saturated rings. The minimum atomic E-state index is -4.69. The Bertz CT molecular complexity index is 490. The van der Waals surface area contributed by atoms with Gasteiger partial charge in [-0.2, -0.15) is 18.4 Å². The van der Waals surface area contributed by atoms with Crippen LogP contribution in [0.2, 0.25) is 0 Å². The second-order valence-corrected chi connectivity index (χ2v) is 4.29. The molecule has 2 unspecified atom stereocenters. The Morgan fingerprint density at radius 1 is 1.20 bits per heavy atom. The minimum absolute atomic E-state index is 0. The normalized spacial score (nSPS) is 15.7. The molecule has 0 saturated carbocycles. The summed E-state index contributed by atoms with van der Waals surface area (Å²) in [4.78, 5) is 3.17. The molecule has 0 spiro atoms. The number of hydrogen-bond acceptors (Lipinski definition) is 4. The second-order valence-electron chi connectivity index (χ2n) is 4.29. The predicted molar refractivity (Wildman–Crippen MR) is 60.1 cm³/mol. The maximum atomic E-state index is 12.7. The van der Waals surface area contributed by atoms with Crippen LogP contribution >= 0.6 is 0 Å². The number of alkyl halides is 3. The summed E-state index contributed by atoms with van der Waals surface area (Å²) >= 11 is 0. The van der Waals surface area contributed by atoms with Gasteiger partial charge in [0, 0.05) is 23.0 Å². The molecular formula is C12H13CuF3N2O2. The van der Waals surface area contributed by atoms with Crippen molar-refractivity contribution in [2.45, 2.75) is 38.1 Å². The number of hydrogen-bond donors (Lipinski definition) is 2. The van der Waals surface area contributed by atoms with Gasteiger partial charge >= 0.3 is 6.18 Å². The molecule has 0 aliphatic carbocycles. The van der Waals surface area contributed by atoms with Crippen LogP contribution in [-0.2, 0) is 23.2 Å². The number of nitrogens with zero attached hydrogens (tertiary/aromatic N) is 2. The van der Waals surface area contributed by atoms with E-state index in [1.165, 1.54) is 19.9 Å². The zero-order valence-corrected chi connectivity index (χ0v) is 11.6. The third-order valence-corrected chi connectivity index (χ3v) is 2.68. The third-order valence-electron chi connectivity index (χ3n) is 2.68. The monoisotopic (exact) mass is 337 g/mol. The zero-order valence-electron chi connectivity index (χ0n) is 10.6. The first-order valence-corrected chi connectivity index (χ1v) is 5.52. The Labute approximate surface area is 124 Å². The first-order chi connectivity index (χ1) is 8.66. The van der Waals surface area contributed by atoms with Crippen molar-refractivity contribution in [3.8, 4) is 6.07 Å². The van der Waals surface area contributed by atoms with Gasteiger partial charge in [-0.15, -0.1) is 0 Å². The van der Waals surface area contributed by atoms with Crippen molar-refractivity contribution < 1.29 is 40.5 Å². The van der Waals surface area contributed by atoms with Crippen molar-refractivity contribution in [3.05, 3.63) is 29.1 Å². The van der Waals surface area contributed by atoms with E-state index in [2.05, 4.69) is 4.98 Å². The van der Waals surface area contributed by atoms with Crippen molar-refractivity contribution in [2.24, 2.45) is 0 Å². The van der Waals surface area contributed by atoms with Gasteiger partial charge in [0.15, 0.2) is 0 Å². The summed E-state index contributed by atoms with van der Waals surface area (Å²) in [7, 11) is 0. The Hall–Kier alpha value is -1.13. The van der Waals surface area contributed by atoms with Gasteiger partial charge in [0.2, 0.25) is 0 Å². The summed E-state index contributed by atoms with van der Waals surface area (Å²) in [5.74, 6) is -0.920. The van der Waals surface area contributed by atoms with E-state index in [0.29, 0.717) is 0 Å². The Morgan fingerprint density at radius 3 is 2.05 bits per heavy atom. The maximum absolute atomic E-state index is 12.7. The molecule has 2 atom stereocenters. The average Bonchev–Trinajstić information content (AvgIpc) is 2.26. The van der Waals surface area contributed by atoms with Gasteiger partial charge in [-0.1, -0.05) is 0 Å². The van der Waals surface area contributed by atoms with Crippen LogP contribution in [0.1, 0.15) is 36.7 Å². The second kappa shape index (κ2) is 7.04. The molecule has 0 aliphatic heterocycles. The van der Waals surface area contributed by atoms with Crippen molar-refractivity contribution in [1.29, 1.82) is 5.26 Å². The number of aromatic nitrogens is 1. The summed E-state index contributed by atoms with van der Waals surface area (Å²) in [5.41, 5.74) is -1.59. The van der Waals surface area contributed by atoms with Gasteiger partial charge in [0.25, 0.3) is 0 Å². The standard InChI is InChI=1S/C12H13F3N2O2.Cu/c1-6(18)11(7(2)19)8-3-9(5-16)17-10(4-8)12(13,14)15;/h3-4,6-7,11,18-19H,1-2H3;. The molecule has 8 heteroatoms. The summed E-state index contributed by atoms with van der Waals surface area (Å²) in [6.45, 7) is 2.72. The van der Waals surface area contributed by atoms with E-state index in [0.717, 1.165) is 12.1 Å². The van der Waals surface area contributed by atoms with Gasteiger partial charge in [0.1, 0.15) is 17.5 Å². The quantitative estimate of drug-likeness (QED) is 0.825. The third kappa shape index (κ3) is 4.46. The van der Waals surface area contributed by atoms with Crippen LogP contribution in [0.3, 0.4) is 0 Å². The fourth-order valence-corrected chi connectivity index (χ4v) is 1.91. The Kier molecular flexibility index (Phi) is 6.65. The van der Waals surface area contributed by atoms with E-state index in [1.807, 2.05) is 0 Å². The summed E-state index contributed by atoms with van der Waals surface area (Å²) in [6.07, 6.45) is -6.81. The molecule has 115 valence electrons. The number of nitriles is 1. The van der Waals surface area contributed by atoms with Crippen LogP contribution in [0.4, 0.5) is 13.2 Å². The molecule has 0 aromatic carbocycles. The van der Waals surface area contributed by atoms with Crippen LogP contribution in [0.5, 0.6) is 0 Å². The maximum Gasteiger partial charge on any atom is 0.433 e. The van der Waals surface area contributed by atoms with E-state index in [-0.39, 0.29) is 22.6 Å². The number of rotatable bonds is 3. The van der Waals surface area contributed by atoms with Gasteiger partial charge in [-0.25, -0.2) is 4.98 Å². The molecule has 2 N–H and O–H groups in total. The first-order valence-electron chi connectivity index (χ1n) is 5.52. The average molecular weight is 338 g/mol. The zero-order chi connectivity index (χ0) is 14.8. The number of halogens is 3. The summed E-state index contributed by atoms with van der Waals surface area (Å²) in [5, 5.41) is 27.8. The molecule has 4 nitrogen and oxygen atoms in total. The van der Waals surface area contributed by atoms with Gasteiger partial charge in [-0.05, 0) is 31.5 Å². The van der Waals surface area contributed by atoms with E-state index in [9.17, 15) is 23.4 Å². The van der Waals surface area contributed by atoms with Crippen LogP contribution in [0.15, 0.2) is 12.1 Å². The number of aliphatic hydroxyl groups is 2. The molecule has 1 aromatic heterocycles. The molecule has 1 aromatic rings. The van der Waals surface area contributed by atoms with Crippen molar-refractivity contribution in [3.63, 3.8) is 0 Å². The van der Waals surface area contributed by atoms with Gasteiger partial charge < -0.3 is 10.2 Å². The van der Waals surface area contributed by atoms with Gasteiger partial charge in [0.05, 0.1) is 12.2 Å². The SMILES string of the molecule is CC(O)C(c1cc(C#N)nc(C(F)(F)F)c1)C(C)O.[Cu]. The number of pyridine rings is 1. The fraction of sp³-hybridized carbons (Fsp3) is 0.500. The smallest absolute Gasteiger partial charge is 0.393 e. The molecule has 1 heterocycles. The van der Waals surface area contributed by atoms with Crippen molar-refractivity contribution >= 4 is 0 Å². The molecule has 0 amide bonds. The summed E-state index contributed by atoms with van der Waals surface area (Å²) in [6, 6.07) is 3.42. The molecule has 1 radical (unpaired) electrons. The van der Waals surface area contributed by atoms with Crippen molar-refractivity contribution in [1.82, 2.24) is 4.98 Å². The molecule has 0 saturated heterocycles. The number of aliphatic hydroxyl groups excluding tert-OH is 2. The minimum Gasteiger partial charge on any atom is -0.393 e. The Morgan fingerprint density at radius 2 is 1.70 bits per heavy atom. The van der Waals surface area contributed by atoms with Crippen molar-refractivity contribution in [2.75, 3.05) is 0 Å². The van der Waals surface area contributed by atoms with E-state index in [1.54, 1.807) is 0 Å². The molecule has 20 heavy (non-hydrogen) atoms. The van der Waals surface area contributed by atoms with Crippen LogP contribution in [-0.4, -0.2) is 27.4 Å². The van der Waals surface area contributed by atoms with Gasteiger partial charge in [-0.3, -0.25) is 0 Å². The Balaban J connectivity index is 0.00000361. The predicted octanol–water partition coefficient (Wildman–Crippen LogP) is 1.81. The molecular weight excluding hydrogens is 325 g/mol. The summed E-state index contributed by atoms with van der Waals surface area (Å²) < 4.78 is 38.0. The van der Waals surface area contributed by atoms with Crippen LogP contribution < -0.4 is 0 Å². The fourth-order valence-electron chi connectivity index (χ4n) is 1.91. The van der Waals surface area contributed by atoms with E-state index < -0.39 is 35.7 Å². The largest absolute Gasteiger partial charge is 0.433 e. The van der Waals surface area contributed by atoms with E-state index in [4.69, 9.17) is 5.26 Å². The molecule has 1 rings (SSSR count). The molecule has 0 aliphatic rings. The van der Waals surface area contributed by atoms with E-state index >= 15 is 0 Å².